The monoisotopic (exact) mass is 670 g/mol. The van der Waals surface area contributed by atoms with Gasteiger partial charge in [-0.25, -0.2) is 0 Å². The number of nitrogens with zero attached hydrogens (tertiary/aromatic N) is 5. The van der Waals surface area contributed by atoms with Gasteiger partial charge in [-0.15, -0.1) is 0 Å². The normalized spacial score (nSPS) is 21.6. The van der Waals surface area contributed by atoms with E-state index in [1.807, 2.05) is 0 Å². The molecule has 3 aliphatic rings. The van der Waals surface area contributed by atoms with Crippen molar-refractivity contribution in [1.82, 2.24) is 40.4 Å². The first-order valence-corrected chi connectivity index (χ1v) is 14.6. The smallest absolute Gasteiger partial charge is 0.325 e. The van der Waals surface area contributed by atoms with Crippen LogP contribution in [0.1, 0.15) is 0 Å². The third kappa shape index (κ3) is 14.0. The van der Waals surface area contributed by atoms with Crippen LogP contribution in [0.3, 0.4) is 0 Å². The molecule has 0 spiro atoms. The summed E-state index contributed by atoms with van der Waals surface area (Å²) in [6.45, 7) is -4.65. The van der Waals surface area contributed by atoms with Gasteiger partial charge in [-0.2, -0.15) is 0 Å². The summed E-state index contributed by atoms with van der Waals surface area (Å²) < 4.78 is 14.0. The number of amides is 6. The molecule has 0 aliphatic carbocycles. The number of esters is 3. The van der Waals surface area contributed by atoms with E-state index in [0.29, 0.717) is 0 Å². The van der Waals surface area contributed by atoms with Gasteiger partial charge in [-0.05, 0) is 0 Å². The third-order valence-electron chi connectivity index (χ3n) is 7.03. The first kappa shape index (κ1) is 38.3. The predicted octanol–water partition coefficient (Wildman–Crippen LogP) is -6.03. The standard InChI is InChI=1S/C27H42N8O12/c1-45-25(42)16-33-10-19(36)28-4-7-31-8-5-29-20(37)11-34(17-26(43)46-2)23(40)14-32(13-22(33)39)15-24(41)35(18-27(44)47-3)12-21(38)30-6-9-31/h4-18H2,1-3H3,(H,28,36)(H,29,37)(H,30,38). The molecule has 20 heteroatoms. The molecule has 3 saturated heterocycles. The molecule has 3 N–H and O–H groups in total. The molecule has 3 aliphatic heterocycles. The zero-order valence-corrected chi connectivity index (χ0v) is 26.7. The maximum Gasteiger partial charge on any atom is 0.325 e. The Morgan fingerprint density at radius 1 is 0.489 bits per heavy atom. The van der Waals surface area contributed by atoms with E-state index in [1.54, 1.807) is 4.90 Å². The van der Waals surface area contributed by atoms with Crippen molar-refractivity contribution in [3.63, 3.8) is 0 Å². The second-order valence-electron chi connectivity index (χ2n) is 10.5. The molecule has 0 radical (unpaired) electrons. The van der Waals surface area contributed by atoms with E-state index in [4.69, 9.17) is 0 Å². The maximum atomic E-state index is 13.5. The van der Waals surface area contributed by atoms with Crippen LogP contribution in [0.2, 0.25) is 0 Å². The van der Waals surface area contributed by atoms with Gasteiger partial charge in [0.25, 0.3) is 0 Å². The fourth-order valence-corrected chi connectivity index (χ4v) is 4.48. The van der Waals surface area contributed by atoms with Crippen LogP contribution >= 0.6 is 0 Å². The molecule has 0 atom stereocenters. The maximum absolute atomic E-state index is 13.5. The number of rotatable bonds is 6. The van der Waals surface area contributed by atoms with Gasteiger partial charge in [-0.1, -0.05) is 0 Å². The molecule has 0 aromatic carbocycles. The van der Waals surface area contributed by atoms with Crippen LogP contribution in [0, 0.1) is 0 Å². The summed E-state index contributed by atoms with van der Waals surface area (Å²) in [6, 6.07) is 0. The summed E-state index contributed by atoms with van der Waals surface area (Å²) in [5.41, 5.74) is 0. The van der Waals surface area contributed by atoms with Crippen molar-refractivity contribution in [2.75, 3.05) is 120 Å². The molecular formula is C27H42N8O12. The zero-order chi connectivity index (χ0) is 34.9. The first-order valence-electron chi connectivity index (χ1n) is 14.6. The number of fused-ring (bicyclic) bond motifs is 21. The Hall–Kier alpha value is -4.85. The average Bonchev–Trinajstić information content (AvgIpc) is 3.02. The van der Waals surface area contributed by atoms with Crippen LogP contribution < -0.4 is 16.0 Å². The lowest BCUT2D eigenvalue weighted by Crippen LogP contribution is -2.54. The van der Waals surface area contributed by atoms with Crippen LogP contribution in [0.25, 0.3) is 0 Å². The quantitative estimate of drug-likeness (QED) is 0.176. The van der Waals surface area contributed by atoms with E-state index in [-0.39, 0.29) is 39.3 Å². The van der Waals surface area contributed by atoms with Crippen molar-refractivity contribution < 1.29 is 57.4 Å². The molecule has 2 bridgehead atoms. The molecule has 262 valence electrons. The minimum atomic E-state index is -0.857. The number of carbonyl (C=O) groups is 9. The third-order valence-corrected chi connectivity index (χ3v) is 7.03. The van der Waals surface area contributed by atoms with Crippen LogP contribution in [-0.2, 0) is 57.4 Å². The van der Waals surface area contributed by atoms with Crippen LogP contribution in [0.5, 0.6) is 0 Å². The Morgan fingerprint density at radius 2 is 0.766 bits per heavy atom. The molecule has 3 rings (SSSR count). The number of hydrogen-bond donors (Lipinski definition) is 3. The molecule has 0 unspecified atom stereocenters. The molecule has 0 saturated carbocycles. The summed E-state index contributed by atoms with van der Waals surface area (Å²) in [6.07, 6.45) is 0. The van der Waals surface area contributed by atoms with Gasteiger partial charge < -0.3 is 44.9 Å². The Kier molecular flexibility index (Phi) is 16.0. The van der Waals surface area contributed by atoms with Crippen molar-refractivity contribution >= 4 is 53.4 Å². The number of nitrogens with one attached hydrogen (secondary N) is 3. The molecule has 3 heterocycles. The Labute approximate surface area is 270 Å². The summed E-state index contributed by atoms with van der Waals surface area (Å²) >= 11 is 0. The summed E-state index contributed by atoms with van der Waals surface area (Å²) in [4.78, 5) is 121. The molecule has 3 fully saturated rings. The van der Waals surface area contributed by atoms with Gasteiger partial charge in [0.1, 0.15) is 39.3 Å². The fourth-order valence-electron chi connectivity index (χ4n) is 4.48. The topological polar surface area (TPSA) is 234 Å². The highest BCUT2D eigenvalue weighted by Gasteiger charge is 2.30. The van der Waals surface area contributed by atoms with Gasteiger partial charge in [-0.3, -0.25) is 53.0 Å². The molecule has 6 amide bonds. The second kappa shape index (κ2) is 19.6. The van der Waals surface area contributed by atoms with E-state index in [0.717, 1.165) is 40.9 Å². The highest BCUT2D eigenvalue weighted by atomic mass is 16.5. The summed E-state index contributed by atoms with van der Waals surface area (Å²) in [5.74, 6) is -6.93. The number of ether oxygens (including phenoxy) is 3. The molecule has 20 nitrogen and oxygen atoms in total. The largest absolute Gasteiger partial charge is 0.468 e. The lowest BCUT2D eigenvalue weighted by molar-refractivity contribution is -0.152. The molecular weight excluding hydrogens is 628 g/mol. The SMILES string of the molecule is COC(=O)CN1CC(=O)NCCN2CCNC(=O)CN(CC(=O)OC)C(=O)CN(CC1=O)CC(=O)N(CC(=O)OC)CC(=O)NCC2. The molecule has 47 heavy (non-hydrogen) atoms. The van der Waals surface area contributed by atoms with E-state index in [9.17, 15) is 43.2 Å². The number of methoxy groups -OCH3 is 3. The van der Waals surface area contributed by atoms with Crippen molar-refractivity contribution in [2.24, 2.45) is 0 Å². The van der Waals surface area contributed by atoms with Crippen molar-refractivity contribution in [3.05, 3.63) is 0 Å². The number of carbonyl (C=O) groups excluding carboxylic acids is 9. The Bertz CT molecular complexity index is 1060. The van der Waals surface area contributed by atoms with E-state index in [1.165, 1.54) is 0 Å². The Morgan fingerprint density at radius 3 is 1.02 bits per heavy atom. The van der Waals surface area contributed by atoms with Crippen LogP contribution in [-0.4, -0.2) is 197 Å². The van der Waals surface area contributed by atoms with E-state index >= 15 is 0 Å². The highest BCUT2D eigenvalue weighted by molar-refractivity contribution is 5.92. The minimum Gasteiger partial charge on any atom is -0.468 e. The lowest BCUT2D eigenvalue weighted by Gasteiger charge is -2.30. The summed E-state index contributed by atoms with van der Waals surface area (Å²) in [7, 11) is 3.28. The zero-order valence-electron chi connectivity index (χ0n) is 26.7. The fraction of sp³-hybridized carbons (Fsp3) is 0.667. The highest BCUT2D eigenvalue weighted by Crippen LogP contribution is 2.04. The van der Waals surface area contributed by atoms with Gasteiger partial charge in [0.05, 0.1) is 41.0 Å². The Balaban J connectivity index is 2.61. The molecule has 0 aromatic heterocycles. The van der Waals surface area contributed by atoms with Gasteiger partial charge in [0.15, 0.2) is 0 Å². The van der Waals surface area contributed by atoms with Gasteiger partial charge >= 0.3 is 17.9 Å². The van der Waals surface area contributed by atoms with Crippen molar-refractivity contribution in [2.45, 2.75) is 0 Å². The van der Waals surface area contributed by atoms with Crippen molar-refractivity contribution in [1.29, 1.82) is 0 Å². The van der Waals surface area contributed by atoms with Crippen LogP contribution in [0.15, 0.2) is 0 Å². The van der Waals surface area contributed by atoms with Crippen molar-refractivity contribution in [3.8, 4) is 0 Å². The van der Waals surface area contributed by atoms with Crippen LogP contribution in [0.4, 0.5) is 0 Å². The predicted molar refractivity (Wildman–Crippen MR) is 158 cm³/mol. The summed E-state index contributed by atoms with van der Waals surface area (Å²) in [5, 5.41) is 7.99. The minimum absolute atomic E-state index is 0.107. The van der Waals surface area contributed by atoms with Gasteiger partial charge in [0, 0.05) is 39.3 Å². The number of hydrogen-bond acceptors (Lipinski definition) is 14. The van der Waals surface area contributed by atoms with Gasteiger partial charge in [0.2, 0.25) is 35.4 Å². The average molecular weight is 671 g/mol. The first-order chi connectivity index (χ1) is 22.3. The second-order valence-corrected chi connectivity index (χ2v) is 10.5. The van der Waals surface area contributed by atoms with E-state index in [2.05, 4.69) is 30.2 Å². The van der Waals surface area contributed by atoms with E-state index < -0.39 is 112 Å². The lowest BCUT2D eigenvalue weighted by atomic mass is 10.3. The molecule has 0 aromatic rings.